The summed E-state index contributed by atoms with van der Waals surface area (Å²) in [5.41, 5.74) is 0.890. The van der Waals surface area contributed by atoms with Crippen molar-refractivity contribution in [2.75, 3.05) is 25.0 Å². The lowest BCUT2D eigenvalue weighted by molar-refractivity contribution is -0.120. The molecule has 0 spiro atoms. The number of benzene rings is 1. The van der Waals surface area contributed by atoms with E-state index in [2.05, 4.69) is 10.6 Å². The Morgan fingerprint density at radius 3 is 2.47 bits per heavy atom. The van der Waals surface area contributed by atoms with Gasteiger partial charge in [0, 0.05) is 25.6 Å². The van der Waals surface area contributed by atoms with Gasteiger partial charge in [0.05, 0.1) is 11.3 Å². The van der Waals surface area contributed by atoms with Crippen LogP contribution >= 0.6 is 11.3 Å². The molecule has 0 saturated carbocycles. The first-order valence-electron chi connectivity index (χ1n) is 10.0. The number of nitrogens with zero attached hydrogens (tertiary/aromatic N) is 1. The van der Waals surface area contributed by atoms with Crippen molar-refractivity contribution in [2.24, 2.45) is 11.8 Å². The number of nitrogens with one attached hydrogen (secondary N) is 2. The van der Waals surface area contributed by atoms with Gasteiger partial charge in [0.25, 0.3) is 15.9 Å². The number of carbonyl (C=O) groups is 2. The first-order chi connectivity index (χ1) is 14.3. The number of anilines is 1. The van der Waals surface area contributed by atoms with Crippen LogP contribution in [0.3, 0.4) is 0 Å². The molecule has 1 aliphatic heterocycles. The van der Waals surface area contributed by atoms with Crippen LogP contribution in [0.25, 0.3) is 0 Å². The van der Waals surface area contributed by atoms with Crippen LogP contribution in [0.2, 0.25) is 0 Å². The molecule has 30 heavy (non-hydrogen) atoms. The van der Waals surface area contributed by atoms with Crippen molar-refractivity contribution >= 4 is 38.9 Å². The minimum Gasteiger partial charge on any atom is -0.352 e. The van der Waals surface area contributed by atoms with Crippen molar-refractivity contribution in [1.29, 1.82) is 0 Å². The predicted octanol–water partition coefficient (Wildman–Crippen LogP) is 3.17. The number of piperidine rings is 1. The van der Waals surface area contributed by atoms with Crippen LogP contribution in [0.1, 0.15) is 37.0 Å². The van der Waals surface area contributed by atoms with Crippen LogP contribution in [-0.4, -0.2) is 44.2 Å². The molecular formula is C21H27N3O4S2. The minimum absolute atomic E-state index is 0.188. The van der Waals surface area contributed by atoms with E-state index < -0.39 is 10.0 Å². The van der Waals surface area contributed by atoms with Crippen molar-refractivity contribution in [3.63, 3.8) is 0 Å². The molecule has 1 fully saturated rings. The molecule has 2 N–H and O–H groups in total. The third-order valence-electron chi connectivity index (χ3n) is 5.01. The quantitative estimate of drug-likeness (QED) is 0.679. The van der Waals surface area contributed by atoms with E-state index in [0.717, 1.165) is 0 Å². The Kier molecular flexibility index (Phi) is 7.27. The van der Waals surface area contributed by atoms with Crippen LogP contribution < -0.4 is 10.6 Å². The van der Waals surface area contributed by atoms with Gasteiger partial charge < -0.3 is 10.6 Å². The number of hydrogen-bond donors (Lipinski definition) is 2. The van der Waals surface area contributed by atoms with E-state index >= 15 is 0 Å². The molecule has 0 bridgehead atoms. The summed E-state index contributed by atoms with van der Waals surface area (Å²) in [6.07, 6.45) is 0.885. The summed E-state index contributed by atoms with van der Waals surface area (Å²) < 4.78 is 27.0. The highest BCUT2D eigenvalue weighted by molar-refractivity contribution is 7.91. The molecule has 0 aliphatic carbocycles. The molecule has 0 atom stereocenters. The highest BCUT2D eigenvalue weighted by atomic mass is 32.2. The Morgan fingerprint density at radius 1 is 1.13 bits per heavy atom. The van der Waals surface area contributed by atoms with Gasteiger partial charge in [0.1, 0.15) is 4.21 Å². The van der Waals surface area contributed by atoms with Gasteiger partial charge in [-0.2, -0.15) is 4.31 Å². The van der Waals surface area contributed by atoms with Crippen molar-refractivity contribution in [3.05, 3.63) is 47.3 Å². The molecule has 3 rings (SSSR count). The van der Waals surface area contributed by atoms with E-state index in [-0.39, 0.29) is 17.7 Å². The topological polar surface area (TPSA) is 95.6 Å². The summed E-state index contributed by atoms with van der Waals surface area (Å²) >= 11 is 1.20. The van der Waals surface area contributed by atoms with E-state index in [0.29, 0.717) is 53.9 Å². The average molecular weight is 450 g/mol. The van der Waals surface area contributed by atoms with E-state index in [1.54, 1.807) is 41.8 Å². The molecular weight excluding hydrogens is 422 g/mol. The number of para-hydroxylation sites is 1. The van der Waals surface area contributed by atoms with Crippen molar-refractivity contribution in [3.8, 4) is 0 Å². The summed E-state index contributed by atoms with van der Waals surface area (Å²) in [7, 11) is -3.49. The molecule has 1 aliphatic rings. The van der Waals surface area contributed by atoms with Crippen LogP contribution in [0.15, 0.2) is 46.0 Å². The first-order valence-corrected chi connectivity index (χ1v) is 12.3. The Labute approximate surface area is 181 Å². The Bertz CT molecular complexity index is 979. The van der Waals surface area contributed by atoms with Crippen molar-refractivity contribution < 1.29 is 18.0 Å². The average Bonchev–Trinajstić information content (AvgIpc) is 3.28. The molecule has 162 valence electrons. The molecule has 0 unspecified atom stereocenters. The van der Waals surface area contributed by atoms with E-state index in [1.165, 1.54) is 15.6 Å². The van der Waals surface area contributed by atoms with Crippen LogP contribution in [0, 0.1) is 11.8 Å². The Morgan fingerprint density at radius 2 is 1.83 bits per heavy atom. The lowest BCUT2D eigenvalue weighted by atomic mass is 9.97. The summed E-state index contributed by atoms with van der Waals surface area (Å²) in [4.78, 5) is 25.2. The van der Waals surface area contributed by atoms with Gasteiger partial charge in [-0.25, -0.2) is 8.42 Å². The predicted molar refractivity (Wildman–Crippen MR) is 118 cm³/mol. The number of carbonyl (C=O) groups excluding carboxylic acids is 2. The largest absolute Gasteiger partial charge is 0.352 e. The number of amides is 2. The van der Waals surface area contributed by atoms with E-state index in [1.807, 2.05) is 13.8 Å². The fourth-order valence-electron chi connectivity index (χ4n) is 3.31. The summed E-state index contributed by atoms with van der Waals surface area (Å²) in [6, 6.07) is 10.2. The van der Waals surface area contributed by atoms with Gasteiger partial charge in [0.2, 0.25) is 5.91 Å². The first kappa shape index (κ1) is 22.5. The Hall–Kier alpha value is -2.23. The van der Waals surface area contributed by atoms with E-state index in [9.17, 15) is 18.0 Å². The molecule has 1 aromatic carbocycles. The van der Waals surface area contributed by atoms with Gasteiger partial charge >= 0.3 is 0 Å². The van der Waals surface area contributed by atoms with Gasteiger partial charge in [-0.05, 0) is 42.3 Å². The standard InChI is InChI=1S/C21H27N3O4S2/c1-15(2)14-22-21(26)17-6-3-4-7-18(17)23-20(25)16-9-11-24(12-10-16)30(27,28)19-8-5-13-29-19/h3-8,13,15-16H,9-12,14H2,1-2H3,(H,22,26)(H,23,25). The van der Waals surface area contributed by atoms with Gasteiger partial charge in [0.15, 0.2) is 0 Å². The third kappa shape index (κ3) is 5.27. The van der Waals surface area contributed by atoms with Gasteiger partial charge in [-0.3, -0.25) is 9.59 Å². The number of rotatable bonds is 7. The van der Waals surface area contributed by atoms with Crippen molar-refractivity contribution in [2.45, 2.75) is 30.9 Å². The summed E-state index contributed by atoms with van der Waals surface area (Å²) in [6.45, 7) is 5.18. The monoisotopic (exact) mass is 449 g/mol. The zero-order valence-electron chi connectivity index (χ0n) is 17.1. The molecule has 2 heterocycles. The van der Waals surface area contributed by atoms with Crippen LogP contribution in [0.4, 0.5) is 5.69 Å². The lowest BCUT2D eigenvalue weighted by Gasteiger charge is -2.30. The number of sulfonamides is 1. The minimum atomic E-state index is -3.49. The Balaban J connectivity index is 1.61. The number of hydrogen-bond acceptors (Lipinski definition) is 5. The van der Waals surface area contributed by atoms with Crippen molar-refractivity contribution in [1.82, 2.24) is 9.62 Å². The number of thiophene rings is 1. The molecule has 9 heteroatoms. The second-order valence-corrected chi connectivity index (χ2v) is 10.9. The lowest BCUT2D eigenvalue weighted by Crippen LogP contribution is -2.41. The molecule has 2 amide bonds. The zero-order chi connectivity index (χ0) is 21.7. The molecule has 1 aromatic heterocycles. The molecule has 7 nitrogen and oxygen atoms in total. The SMILES string of the molecule is CC(C)CNC(=O)c1ccccc1NC(=O)C1CCN(S(=O)(=O)c2cccs2)CC1. The smallest absolute Gasteiger partial charge is 0.253 e. The summed E-state index contributed by atoms with van der Waals surface area (Å²) in [5, 5.41) is 7.47. The van der Waals surface area contributed by atoms with Crippen LogP contribution in [0.5, 0.6) is 0 Å². The third-order valence-corrected chi connectivity index (χ3v) is 8.29. The molecule has 1 saturated heterocycles. The van der Waals surface area contributed by atoms with Gasteiger partial charge in [-0.1, -0.05) is 32.0 Å². The second-order valence-electron chi connectivity index (χ2n) is 7.75. The van der Waals surface area contributed by atoms with E-state index in [4.69, 9.17) is 0 Å². The highest BCUT2D eigenvalue weighted by Gasteiger charge is 2.32. The maximum atomic E-state index is 12.8. The maximum absolute atomic E-state index is 12.8. The second kappa shape index (κ2) is 9.72. The highest BCUT2D eigenvalue weighted by Crippen LogP contribution is 2.27. The molecule has 2 aromatic rings. The van der Waals surface area contributed by atoms with Gasteiger partial charge in [-0.15, -0.1) is 11.3 Å². The summed E-state index contributed by atoms with van der Waals surface area (Å²) in [5.74, 6) is -0.387. The molecule has 0 radical (unpaired) electrons. The fourth-order valence-corrected chi connectivity index (χ4v) is 5.93. The zero-order valence-corrected chi connectivity index (χ0v) is 18.8. The van der Waals surface area contributed by atoms with Crippen LogP contribution in [-0.2, 0) is 14.8 Å². The normalized spacial score (nSPS) is 15.8. The maximum Gasteiger partial charge on any atom is 0.253 e. The fraction of sp³-hybridized carbons (Fsp3) is 0.429.